The van der Waals surface area contributed by atoms with E-state index in [1.54, 1.807) is 0 Å². The highest BCUT2D eigenvalue weighted by Gasteiger charge is 2.20. The SMILES string of the molecule is c1ccc(N(c2ccccc2)c2cc3ccc4cc5c6ccccc6oc5c5[nH]c(c2)c3c45)cc1. The molecule has 0 amide bonds. The van der Waals surface area contributed by atoms with Crippen LogP contribution in [-0.2, 0) is 0 Å². The molecule has 0 aliphatic rings. The number of para-hydroxylation sites is 3. The van der Waals surface area contributed by atoms with E-state index in [-0.39, 0.29) is 0 Å². The van der Waals surface area contributed by atoms with E-state index in [4.69, 9.17) is 4.42 Å². The van der Waals surface area contributed by atoms with Gasteiger partial charge in [-0.1, -0.05) is 66.7 Å². The Labute approximate surface area is 201 Å². The maximum absolute atomic E-state index is 6.36. The molecule has 1 N–H and O–H groups in total. The summed E-state index contributed by atoms with van der Waals surface area (Å²) in [5.74, 6) is 0. The summed E-state index contributed by atoms with van der Waals surface area (Å²) in [6.45, 7) is 0. The minimum atomic E-state index is 0.920. The Kier molecular flexibility index (Phi) is 3.66. The smallest absolute Gasteiger partial charge is 0.159 e. The first-order chi connectivity index (χ1) is 17.3. The molecule has 8 rings (SSSR count). The summed E-state index contributed by atoms with van der Waals surface area (Å²) in [7, 11) is 0. The molecular weight excluding hydrogens is 428 g/mol. The van der Waals surface area contributed by atoms with Crippen molar-refractivity contribution in [2.45, 2.75) is 0 Å². The minimum absolute atomic E-state index is 0.920. The highest BCUT2D eigenvalue weighted by molar-refractivity contribution is 6.30. The largest absolute Gasteiger partial charge is 0.454 e. The topological polar surface area (TPSA) is 32.2 Å². The molecule has 0 saturated heterocycles. The Hall–Kier alpha value is -4.76. The molecule has 3 nitrogen and oxygen atoms in total. The normalized spacial score (nSPS) is 12.0. The van der Waals surface area contributed by atoms with E-state index in [0.717, 1.165) is 50.0 Å². The molecule has 6 aromatic carbocycles. The van der Waals surface area contributed by atoms with Crippen molar-refractivity contribution in [2.24, 2.45) is 0 Å². The lowest BCUT2D eigenvalue weighted by Gasteiger charge is -2.25. The standard InChI is InChI=1S/C32H20N2O/c1-3-9-22(10-4-1)34(23-11-5-2-6-12-23)24-17-20-15-16-21-18-26-25-13-7-8-14-28(25)35-32(26)31-30(21)29(20)27(19-24)33-31/h1-19,33H. The van der Waals surface area contributed by atoms with E-state index in [0.29, 0.717) is 0 Å². The molecule has 0 fully saturated rings. The number of hydrogen-bond acceptors (Lipinski definition) is 2. The number of rotatable bonds is 3. The predicted molar refractivity (Wildman–Crippen MR) is 146 cm³/mol. The van der Waals surface area contributed by atoms with Crippen LogP contribution in [0.4, 0.5) is 17.1 Å². The van der Waals surface area contributed by atoms with Crippen LogP contribution in [0, 0.1) is 0 Å². The molecule has 0 atom stereocenters. The second kappa shape index (κ2) is 6.87. The van der Waals surface area contributed by atoms with E-state index in [9.17, 15) is 0 Å². The van der Waals surface area contributed by atoms with Crippen molar-refractivity contribution in [1.29, 1.82) is 0 Å². The van der Waals surface area contributed by atoms with Crippen molar-refractivity contribution in [1.82, 2.24) is 4.98 Å². The number of benzene rings is 6. The number of H-pyrrole nitrogens is 1. The lowest BCUT2D eigenvalue weighted by atomic mass is 9.99. The van der Waals surface area contributed by atoms with E-state index in [2.05, 4.69) is 113 Å². The maximum atomic E-state index is 6.36. The number of aromatic nitrogens is 1. The first-order valence-corrected chi connectivity index (χ1v) is 11.9. The van der Waals surface area contributed by atoms with E-state index < -0.39 is 0 Å². The fourth-order valence-corrected chi connectivity index (χ4v) is 5.60. The zero-order valence-electron chi connectivity index (χ0n) is 18.8. The van der Waals surface area contributed by atoms with Crippen LogP contribution in [0.2, 0.25) is 0 Å². The Bertz CT molecular complexity index is 1960. The summed E-state index contributed by atoms with van der Waals surface area (Å²) < 4.78 is 6.36. The minimum Gasteiger partial charge on any atom is -0.454 e. The molecule has 0 unspecified atom stereocenters. The molecule has 0 spiro atoms. The van der Waals surface area contributed by atoms with Gasteiger partial charge in [-0.05, 0) is 59.3 Å². The van der Waals surface area contributed by atoms with Crippen LogP contribution in [-0.4, -0.2) is 4.98 Å². The molecule has 8 aromatic rings. The van der Waals surface area contributed by atoms with Gasteiger partial charge in [0.05, 0.1) is 5.52 Å². The number of hydrogen-bond donors (Lipinski definition) is 1. The molecule has 2 heterocycles. The predicted octanol–water partition coefficient (Wildman–Crippen LogP) is 9.28. The number of fused-ring (bicyclic) bond motifs is 4. The Morgan fingerprint density at radius 3 is 1.94 bits per heavy atom. The summed E-state index contributed by atoms with van der Waals surface area (Å²) >= 11 is 0. The van der Waals surface area contributed by atoms with Gasteiger partial charge in [0.25, 0.3) is 0 Å². The van der Waals surface area contributed by atoms with Crippen LogP contribution < -0.4 is 4.90 Å². The van der Waals surface area contributed by atoms with E-state index in [1.807, 2.05) is 12.1 Å². The van der Waals surface area contributed by atoms with Gasteiger partial charge in [0.2, 0.25) is 0 Å². The summed E-state index contributed by atoms with van der Waals surface area (Å²) in [5, 5.41) is 7.24. The summed E-state index contributed by atoms with van der Waals surface area (Å²) in [6, 6.07) is 40.6. The lowest BCUT2D eigenvalue weighted by molar-refractivity contribution is 0.672. The van der Waals surface area contributed by atoms with Gasteiger partial charge in [-0.25, -0.2) is 0 Å². The van der Waals surface area contributed by atoms with Gasteiger partial charge in [-0.3, -0.25) is 0 Å². The number of nitrogens with one attached hydrogen (secondary N) is 1. The Morgan fingerprint density at radius 1 is 0.543 bits per heavy atom. The van der Waals surface area contributed by atoms with Gasteiger partial charge in [0.1, 0.15) is 5.58 Å². The van der Waals surface area contributed by atoms with Crippen molar-refractivity contribution in [3.05, 3.63) is 115 Å². The first-order valence-electron chi connectivity index (χ1n) is 11.9. The summed E-state index contributed by atoms with van der Waals surface area (Å²) in [5.41, 5.74) is 7.39. The van der Waals surface area contributed by atoms with Crippen LogP contribution >= 0.6 is 0 Å². The van der Waals surface area contributed by atoms with E-state index >= 15 is 0 Å². The molecule has 0 radical (unpaired) electrons. The molecule has 2 aromatic heterocycles. The Balaban J connectivity index is 1.46. The molecule has 0 saturated carbocycles. The second-order valence-corrected chi connectivity index (χ2v) is 9.11. The summed E-state index contributed by atoms with van der Waals surface area (Å²) in [6.07, 6.45) is 0. The van der Waals surface area contributed by atoms with Crippen LogP contribution in [0.15, 0.2) is 120 Å². The van der Waals surface area contributed by atoms with Crippen molar-refractivity contribution >= 4 is 71.6 Å². The van der Waals surface area contributed by atoms with Crippen molar-refractivity contribution in [3.8, 4) is 0 Å². The van der Waals surface area contributed by atoms with Crippen LogP contribution in [0.1, 0.15) is 0 Å². The Morgan fingerprint density at radius 2 is 1.20 bits per heavy atom. The quantitative estimate of drug-likeness (QED) is 0.273. The highest BCUT2D eigenvalue weighted by Crippen LogP contribution is 2.44. The monoisotopic (exact) mass is 448 g/mol. The van der Waals surface area contributed by atoms with Crippen molar-refractivity contribution in [2.75, 3.05) is 4.90 Å². The van der Waals surface area contributed by atoms with Gasteiger partial charge in [0, 0.05) is 44.1 Å². The molecule has 164 valence electrons. The van der Waals surface area contributed by atoms with Crippen LogP contribution in [0.5, 0.6) is 0 Å². The average Bonchev–Trinajstić information content (AvgIpc) is 3.48. The van der Waals surface area contributed by atoms with Crippen molar-refractivity contribution < 1.29 is 4.42 Å². The highest BCUT2D eigenvalue weighted by atomic mass is 16.3. The third-order valence-electron chi connectivity index (χ3n) is 7.09. The van der Waals surface area contributed by atoms with Crippen LogP contribution in [0.3, 0.4) is 0 Å². The number of aromatic amines is 1. The average molecular weight is 449 g/mol. The molecule has 35 heavy (non-hydrogen) atoms. The lowest BCUT2D eigenvalue weighted by Crippen LogP contribution is -2.09. The fourth-order valence-electron chi connectivity index (χ4n) is 5.60. The molecule has 3 heteroatoms. The first kappa shape index (κ1) is 18.6. The van der Waals surface area contributed by atoms with Gasteiger partial charge in [-0.2, -0.15) is 0 Å². The third-order valence-corrected chi connectivity index (χ3v) is 7.09. The molecule has 0 aliphatic heterocycles. The third kappa shape index (κ3) is 2.61. The zero-order chi connectivity index (χ0) is 22.9. The molecular formula is C32H20N2O. The van der Waals surface area contributed by atoms with Gasteiger partial charge < -0.3 is 14.3 Å². The molecule has 0 aliphatic carbocycles. The fraction of sp³-hybridized carbons (Fsp3) is 0. The van der Waals surface area contributed by atoms with Gasteiger partial charge in [-0.15, -0.1) is 0 Å². The zero-order valence-corrected chi connectivity index (χ0v) is 18.8. The number of nitrogens with zero attached hydrogens (tertiary/aromatic N) is 1. The van der Waals surface area contributed by atoms with Gasteiger partial charge >= 0.3 is 0 Å². The number of anilines is 3. The summed E-state index contributed by atoms with van der Waals surface area (Å²) in [4.78, 5) is 6.05. The van der Waals surface area contributed by atoms with E-state index in [1.165, 1.54) is 21.5 Å². The molecule has 0 bridgehead atoms. The number of furan rings is 1. The van der Waals surface area contributed by atoms with Crippen molar-refractivity contribution in [3.63, 3.8) is 0 Å². The van der Waals surface area contributed by atoms with Gasteiger partial charge in [0.15, 0.2) is 5.58 Å². The van der Waals surface area contributed by atoms with Crippen LogP contribution in [0.25, 0.3) is 54.5 Å². The maximum Gasteiger partial charge on any atom is 0.159 e. The second-order valence-electron chi connectivity index (χ2n) is 9.11.